The fourth-order valence-corrected chi connectivity index (χ4v) is 8.59. The SMILES string of the molecule is CC12CC=C3C=C4CCC(NCC5(O)COC5)CC4CCC3(O)C1CCC2c1ccc2ccncc2c1. The summed E-state index contributed by atoms with van der Waals surface area (Å²) in [5.74, 6) is 1.26. The molecule has 3 fully saturated rings. The maximum absolute atomic E-state index is 12.4. The van der Waals surface area contributed by atoms with Crippen LogP contribution in [0.25, 0.3) is 10.8 Å². The van der Waals surface area contributed by atoms with Crippen LogP contribution in [0.1, 0.15) is 69.8 Å². The van der Waals surface area contributed by atoms with Crippen LogP contribution < -0.4 is 5.32 Å². The standard InChI is InChI=1S/C32H40N2O3/c1-30-11-9-26-15-22-4-5-27(34-18-31(35)19-37-20-31)16-23(22)8-12-32(26,36)29(30)7-6-28(30)24-3-2-21-10-13-33-17-25(21)14-24/h2-3,9-10,13-15,17,23,27-29,34-36H,4-8,11-12,16,18-20H2,1H3. The molecule has 6 unspecified atom stereocenters. The Hall–Kier alpha value is -2.05. The van der Waals surface area contributed by atoms with Gasteiger partial charge >= 0.3 is 0 Å². The van der Waals surface area contributed by atoms with E-state index in [1.54, 1.807) is 0 Å². The molecule has 0 bridgehead atoms. The zero-order valence-electron chi connectivity index (χ0n) is 22.0. The van der Waals surface area contributed by atoms with Crippen LogP contribution in [0, 0.1) is 17.3 Å². The predicted molar refractivity (Wildman–Crippen MR) is 145 cm³/mol. The molecule has 5 aliphatic rings. The number of pyridine rings is 1. The van der Waals surface area contributed by atoms with E-state index < -0.39 is 11.2 Å². The van der Waals surface area contributed by atoms with Gasteiger partial charge in [0.1, 0.15) is 5.60 Å². The van der Waals surface area contributed by atoms with Gasteiger partial charge in [0.15, 0.2) is 0 Å². The van der Waals surface area contributed by atoms with Crippen molar-refractivity contribution >= 4 is 10.8 Å². The minimum Gasteiger partial charge on any atom is -0.385 e. The van der Waals surface area contributed by atoms with Crippen molar-refractivity contribution in [1.29, 1.82) is 0 Å². The molecule has 1 aromatic carbocycles. The molecule has 0 spiro atoms. The smallest absolute Gasteiger partial charge is 0.123 e. The number of ether oxygens (including phenoxy) is 1. The number of benzene rings is 1. The van der Waals surface area contributed by atoms with Gasteiger partial charge in [-0.2, -0.15) is 0 Å². The topological polar surface area (TPSA) is 74.6 Å². The van der Waals surface area contributed by atoms with E-state index in [0.29, 0.717) is 37.6 Å². The van der Waals surface area contributed by atoms with Crippen molar-refractivity contribution in [3.8, 4) is 0 Å². The molecule has 3 N–H and O–H groups in total. The molecule has 6 atom stereocenters. The van der Waals surface area contributed by atoms with Crippen molar-refractivity contribution in [2.75, 3.05) is 19.8 Å². The highest BCUT2D eigenvalue weighted by atomic mass is 16.5. The Morgan fingerprint density at radius 2 is 1.97 bits per heavy atom. The van der Waals surface area contributed by atoms with Crippen molar-refractivity contribution < 1.29 is 14.9 Å². The van der Waals surface area contributed by atoms with Gasteiger partial charge in [-0.3, -0.25) is 4.98 Å². The number of allylic oxidation sites excluding steroid dienone is 2. The lowest BCUT2D eigenvalue weighted by Gasteiger charge is -2.49. The number of hydrogen-bond donors (Lipinski definition) is 3. The van der Waals surface area contributed by atoms with E-state index in [4.69, 9.17) is 4.74 Å². The predicted octanol–water partition coefficient (Wildman–Crippen LogP) is 5.04. The fraction of sp³-hybridized carbons (Fsp3) is 0.594. The molecular weight excluding hydrogens is 460 g/mol. The molecule has 2 saturated carbocycles. The highest BCUT2D eigenvalue weighted by molar-refractivity contribution is 5.82. The van der Waals surface area contributed by atoms with Gasteiger partial charge in [0.25, 0.3) is 0 Å². The second kappa shape index (κ2) is 8.74. The highest BCUT2D eigenvalue weighted by Gasteiger charge is 2.58. The Morgan fingerprint density at radius 1 is 1.08 bits per heavy atom. The molecule has 4 aliphatic carbocycles. The second-order valence-electron chi connectivity index (χ2n) is 13.0. The molecule has 5 heteroatoms. The summed E-state index contributed by atoms with van der Waals surface area (Å²) in [6.07, 6.45) is 17.1. The second-order valence-corrected chi connectivity index (χ2v) is 13.0. The first-order chi connectivity index (χ1) is 17.9. The lowest BCUT2D eigenvalue weighted by molar-refractivity contribution is -0.175. The monoisotopic (exact) mass is 500 g/mol. The molecule has 2 aromatic rings. The van der Waals surface area contributed by atoms with Gasteiger partial charge in [-0.25, -0.2) is 0 Å². The Bertz CT molecular complexity index is 1270. The number of fused-ring (bicyclic) bond motifs is 5. The lowest BCUT2D eigenvalue weighted by Crippen LogP contribution is -2.57. The third kappa shape index (κ3) is 3.93. The van der Waals surface area contributed by atoms with Gasteiger partial charge in [0, 0.05) is 30.4 Å². The van der Waals surface area contributed by atoms with Crippen LogP contribution in [0.2, 0.25) is 0 Å². The van der Waals surface area contributed by atoms with Crippen molar-refractivity contribution in [2.24, 2.45) is 17.3 Å². The lowest BCUT2D eigenvalue weighted by atomic mass is 9.58. The summed E-state index contributed by atoms with van der Waals surface area (Å²) in [5, 5.41) is 28.9. The molecule has 37 heavy (non-hydrogen) atoms. The number of rotatable bonds is 4. The van der Waals surface area contributed by atoms with Gasteiger partial charge in [0.05, 0.1) is 18.8 Å². The summed E-state index contributed by atoms with van der Waals surface area (Å²) in [7, 11) is 0. The summed E-state index contributed by atoms with van der Waals surface area (Å²) in [5.41, 5.74) is 2.78. The van der Waals surface area contributed by atoms with Gasteiger partial charge in [-0.1, -0.05) is 36.8 Å². The van der Waals surface area contributed by atoms with Crippen LogP contribution in [-0.2, 0) is 4.74 Å². The summed E-state index contributed by atoms with van der Waals surface area (Å²) in [4.78, 5) is 4.35. The Kier molecular flexibility index (Phi) is 5.67. The largest absolute Gasteiger partial charge is 0.385 e. The van der Waals surface area contributed by atoms with E-state index in [1.807, 2.05) is 12.4 Å². The summed E-state index contributed by atoms with van der Waals surface area (Å²) < 4.78 is 5.21. The van der Waals surface area contributed by atoms with E-state index >= 15 is 0 Å². The van der Waals surface area contributed by atoms with E-state index in [-0.39, 0.29) is 11.3 Å². The normalized spacial score (nSPS) is 38.5. The average molecular weight is 501 g/mol. The zero-order valence-corrected chi connectivity index (χ0v) is 22.0. The Balaban J connectivity index is 1.11. The van der Waals surface area contributed by atoms with E-state index in [0.717, 1.165) is 51.4 Å². The zero-order chi connectivity index (χ0) is 25.3. The van der Waals surface area contributed by atoms with E-state index in [9.17, 15) is 10.2 Å². The number of aliphatic hydroxyl groups is 2. The first kappa shape index (κ1) is 24.0. The van der Waals surface area contributed by atoms with Gasteiger partial charge < -0.3 is 20.3 Å². The maximum Gasteiger partial charge on any atom is 0.123 e. The minimum atomic E-state index is -0.730. The van der Waals surface area contributed by atoms with Crippen LogP contribution in [0.15, 0.2) is 60.0 Å². The highest BCUT2D eigenvalue weighted by Crippen LogP contribution is 2.64. The van der Waals surface area contributed by atoms with Crippen molar-refractivity contribution in [3.63, 3.8) is 0 Å². The molecule has 1 saturated heterocycles. The first-order valence-electron chi connectivity index (χ1n) is 14.4. The van der Waals surface area contributed by atoms with E-state index in [1.165, 1.54) is 27.5 Å². The molecule has 1 aromatic heterocycles. The maximum atomic E-state index is 12.4. The molecule has 5 nitrogen and oxygen atoms in total. The molecular formula is C32H40N2O3. The number of nitrogens with one attached hydrogen (secondary N) is 1. The van der Waals surface area contributed by atoms with E-state index in [2.05, 4.69) is 53.6 Å². The third-order valence-corrected chi connectivity index (χ3v) is 10.8. The first-order valence-corrected chi connectivity index (χ1v) is 14.4. The summed E-state index contributed by atoms with van der Waals surface area (Å²) in [6, 6.07) is 9.40. The molecule has 196 valence electrons. The van der Waals surface area contributed by atoms with Crippen LogP contribution in [0.5, 0.6) is 0 Å². The van der Waals surface area contributed by atoms with Crippen molar-refractivity contribution in [2.45, 2.75) is 81.5 Å². The quantitative estimate of drug-likeness (QED) is 0.549. The Labute approximate surface area is 220 Å². The van der Waals surface area contributed by atoms with Gasteiger partial charge in [-0.15, -0.1) is 0 Å². The Morgan fingerprint density at radius 3 is 2.81 bits per heavy atom. The molecule has 0 amide bonds. The van der Waals surface area contributed by atoms with Gasteiger partial charge in [0.2, 0.25) is 0 Å². The third-order valence-electron chi connectivity index (χ3n) is 10.8. The fourth-order valence-electron chi connectivity index (χ4n) is 8.59. The van der Waals surface area contributed by atoms with Gasteiger partial charge in [-0.05, 0) is 103 Å². The summed E-state index contributed by atoms with van der Waals surface area (Å²) in [6.45, 7) is 3.94. The average Bonchev–Trinajstić information content (AvgIpc) is 3.18. The molecule has 1 aliphatic heterocycles. The van der Waals surface area contributed by atoms with Crippen molar-refractivity contribution in [3.05, 3.63) is 65.5 Å². The number of aromatic nitrogens is 1. The van der Waals surface area contributed by atoms with Crippen LogP contribution in [0.4, 0.5) is 0 Å². The molecule has 0 radical (unpaired) electrons. The van der Waals surface area contributed by atoms with Crippen LogP contribution in [0.3, 0.4) is 0 Å². The molecule has 2 heterocycles. The minimum absolute atomic E-state index is 0.0620. The number of nitrogens with zero attached hydrogens (tertiary/aromatic N) is 1. The summed E-state index contributed by atoms with van der Waals surface area (Å²) >= 11 is 0. The van der Waals surface area contributed by atoms with Crippen LogP contribution in [-0.4, -0.2) is 52.2 Å². The molecule has 7 rings (SSSR count). The van der Waals surface area contributed by atoms with Crippen LogP contribution >= 0.6 is 0 Å². The van der Waals surface area contributed by atoms with Crippen molar-refractivity contribution in [1.82, 2.24) is 10.3 Å². The number of hydrogen-bond acceptors (Lipinski definition) is 5.